The van der Waals surface area contributed by atoms with E-state index in [1.165, 1.54) is 22.2 Å². The number of aryl methyl sites for hydroxylation is 3. The van der Waals surface area contributed by atoms with Gasteiger partial charge in [-0.05, 0) is 55.5 Å². The average Bonchev–Trinajstić information content (AvgIpc) is 3.37. The van der Waals surface area contributed by atoms with E-state index < -0.39 is 5.69 Å². The van der Waals surface area contributed by atoms with E-state index in [1.54, 1.807) is 23.6 Å². The molecule has 0 fully saturated rings. The van der Waals surface area contributed by atoms with Gasteiger partial charge in [-0.3, -0.25) is 18.7 Å². The number of fused-ring (bicyclic) bond motifs is 1. The third-order valence-electron chi connectivity index (χ3n) is 4.97. The number of benzene rings is 1. The van der Waals surface area contributed by atoms with Gasteiger partial charge in [0.2, 0.25) is 5.91 Å². The minimum atomic E-state index is -0.546. The van der Waals surface area contributed by atoms with Crippen molar-refractivity contribution in [2.75, 3.05) is 5.32 Å². The zero-order chi connectivity index (χ0) is 21.4. The lowest BCUT2D eigenvalue weighted by molar-refractivity contribution is -0.116. The first-order chi connectivity index (χ1) is 14.3. The van der Waals surface area contributed by atoms with Gasteiger partial charge in [-0.2, -0.15) is 0 Å². The van der Waals surface area contributed by atoms with Crippen molar-refractivity contribution in [2.45, 2.75) is 33.9 Å². The van der Waals surface area contributed by atoms with Crippen LogP contribution in [0.4, 0.5) is 5.69 Å². The Morgan fingerprint density at radius 1 is 1.10 bits per heavy atom. The van der Waals surface area contributed by atoms with Gasteiger partial charge in [0.1, 0.15) is 17.0 Å². The van der Waals surface area contributed by atoms with Gasteiger partial charge in [-0.15, -0.1) is 11.3 Å². The first kappa shape index (κ1) is 19.9. The van der Waals surface area contributed by atoms with E-state index in [0.29, 0.717) is 16.0 Å². The van der Waals surface area contributed by atoms with Gasteiger partial charge in [0.15, 0.2) is 0 Å². The monoisotopic (exact) mass is 423 g/mol. The predicted octanol–water partition coefficient (Wildman–Crippen LogP) is 3.43. The fourth-order valence-electron chi connectivity index (χ4n) is 3.68. The van der Waals surface area contributed by atoms with E-state index in [0.717, 1.165) is 26.9 Å². The number of nitrogens with one attached hydrogen (secondary N) is 1. The lowest BCUT2D eigenvalue weighted by Crippen LogP contribution is -2.41. The molecular formula is C22H21N3O4S. The molecule has 0 aliphatic heterocycles. The predicted molar refractivity (Wildman–Crippen MR) is 117 cm³/mol. The molecule has 3 aromatic heterocycles. The van der Waals surface area contributed by atoms with E-state index >= 15 is 0 Å². The molecule has 0 spiro atoms. The Kier molecular flexibility index (Phi) is 5.17. The molecule has 4 aromatic rings. The largest absolute Gasteiger partial charge is 0.467 e. The molecule has 0 aliphatic rings. The SMILES string of the molecule is Cc1cc(C)c(NC(=O)Cn2c(=O)n(Cc3ccco3)c(=O)c3sccc32)c(C)c1. The lowest BCUT2D eigenvalue weighted by atomic mass is 10.1. The summed E-state index contributed by atoms with van der Waals surface area (Å²) in [5, 5.41) is 4.66. The van der Waals surface area contributed by atoms with E-state index in [2.05, 4.69) is 5.32 Å². The molecule has 1 aromatic carbocycles. The van der Waals surface area contributed by atoms with Crippen molar-refractivity contribution in [3.05, 3.63) is 85.3 Å². The highest BCUT2D eigenvalue weighted by Crippen LogP contribution is 2.22. The van der Waals surface area contributed by atoms with Crippen LogP contribution in [0.15, 0.2) is 56.0 Å². The molecule has 0 bridgehead atoms. The number of carbonyl (C=O) groups is 1. The van der Waals surface area contributed by atoms with Gasteiger partial charge in [0.25, 0.3) is 5.56 Å². The van der Waals surface area contributed by atoms with Gasteiger partial charge in [-0.1, -0.05) is 17.7 Å². The first-order valence-corrected chi connectivity index (χ1v) is 10.3. The summed E-state index contributed by atoms with van der Waals surface area (Å²) in [7, 11) is 0. The Hall–Kier alpha value is -3.39. The van der Waals surface area contributed by atoms with Crippen LogP contribution in [0.1, 0.15) is 22.5 Å². The van der Waals surface area contributed by atoms with Crippen LogP contribution in [-0.2, 0) is 17.9 Å². The fourth-order valence-corrected chi connectivity index (χ4v) is 4.53. The number of aromatic nitrogens is 2. The second-order valence-electron chi connectivity index (χ2n) is 7.30. The highest BCUT2D eigenvalue weighted by atomic mass is 32.1. The molecule has 8 heteroatoms. The third kappa shape index (κ3) is 3.61. The minimum Gasteiger partial charge on any atom is -0.467 e. The topological polar surface area (TPSA) is 86.2 Å². The molecule has 1 amide bonds. The van der Waals surface area contributed by atoms with Gasteiger partial charge in [0, 0.05) is 5.69 Å². The quantitative estimate of drug-likeness (QED) is 0.533. The zero-order valence-corrected chi connectivity index (χ0v) is 17.7. The molecule has 0 atom stereocenters. The van der Waals surface area contributed by atoms with E-state index in [4.69, 9.17) is 4.42 Å². The van der Waals surface area contributed by atoms with Crippen molar-refractivity contribution in [3.63, 3.8) is 0 Å². The Bertz CT molecular complexity index is 1340. The Morgan fingerprint density at radius 3 is 2.50 bits per heavy atom. The van der Waals surface area contributed by atoms with Crippen LogP contribution in [0.25, 0.3) is 10.2 Å². The van der Waals surface area contributed by atoms with Gasteiger partial charge in [0.05, 0.1) is 18.3 Å². The van der Waals surface area contributed by atoms with Gasteiger partial charge < -0.3 is 9.73 Å². The second-order valence-corrected chi connectivity index (χ2v) is 8.21. The molecular weight excluding hydrogens is 402 g/mol. The number of hydrogen-bond acceptors (Lipinski definition) is 5. The number of anilines is 1. The maximum Gasteiger partial charge on any atom is 0.332 e. The van der Waals surface area contributed by atoms with Crippen molar-refractivity contribution in [1.82, 2.24) is 9.13 Å². The maximum atomic E-state index is 13.1. The molecule has 3 heterocycles. The minimum absolute atomic E-state index is 0.0102. The molecule has 30 heavy (non-hydrogen) atoms. The zero-order valence-electron chi connectivity index (χ0n) is 16.9. The normalized spacial score (nSPS) is 11.2. The van der Waals surface area contributed by atoms with Crippen LogP contribution in [0.3, 0.4) is 0 Å². The summed E-state index contributed by atoms with van der Waals surface area (Å²) >= 11 is 1.25. The first-order valence-electron chi connectivity index (χ1n) is 9.46. The van der Waals surface area contributed by atoms with Crippen molar-refractivity contribution < 1.29 is 9.21 Å². The van der Waals surface area contributed by atoms with Gasteiger partial charge >= 0.3 is 5.69 Å². The third-order valence-corrected chi connectivity index (χ3v) is 5.87. The van der Waals surface area contributed by atoms with Crippen molar-refractivity contribution in [2.24, 2.45) is 0 Å². The Balaban J connectivity index is 1.72. The highest BCUT2D eigenvalue weighted by Gasteiger charge is 2.18. The lowest BCUT2D eigenvalue weighted by Gasteiger charge is -2.15. The number of thiophene rings is 1. The van der Waals surface area contributed by atoms with Crippen LogP contribution in [0, 0.1) is 20.8 Å². The second kappa shape index (κ2) is 7.79. The number of furan rings is 1. The van der Waals surface area contributed by atoms with Crippen molar-refractivity contribution in [3.8, 4) is 0 Å². The molecule has 0 saturated carbocycles. The number of nitrogens with zero attached hydrogens (tertiary/aromatic N) is 2. The number of amides is 1. The van der Waals surface area contributed by atoms with Crippen LogP contribution < -0.4 is 16.6 Å². The van der Waals surface area contributed by atoms with E-state index in [9.17, 15) is 14.4 Å². The summed E-state index contributed by atoms with van der Waals surface area (Å²) in [6, 6.07) is 9.08. The molecule has 0 radical (unpaired) electrons. The standard InChI is InChI=1S/C22H21N3O4S/c1-13-9-14(2)19(15(3)10-13)23-18(26)12-24-17-6-8-30-20(17)21(27)25(22(24)28)11-16-5-4-7-29-16/h4-10H,11-12H2,1-3H3,(H,23,26). The molecule has 0 unspecified atom stereocenters. The highest BCUT2D eigenvalue weighted by molar-refractivity contribution is 7.17. The maximum absolute atomic E-state index is 13.1. The smallest absolute Gasteiger partial charge is 0.332 e. The number of rotatable bonds is 5. The summed E-state index contributed by atoms with van der Waals surface area (Å²) < 4.78 is 8.16. The average molecular weight is 423 g/mol. The molecule has 154 valence electrons. The van der Waals surface area contributed by atoms with Crippen LogP contribution >= 0.6 is 11.3 Å². The summed E-state index contributed by atoms with van der Waals surface area (Å²) in [6.07, 6.45) is 1.49. The summed E-state index contributed by atoms with van der Waals surface area (Å²) in [5.41, 5.74) is 3.29. The van der Waals surface area contributed by atoms with Gasteiger partial charge in [-0.25, -0.2) is 4.79 Å². The van der Waals surface area contributed by atoms with Crippen LogP contribution in [0.2, 0.25) is 0 Å². The van der Waals surface area contributed by atoms with E-state index in [-0.39, 0.29) is 24.6 Å². The van der Waals surface area contributed by atoms with Crippen molar-refractivity contribution >= 4 is 33.1 Å². The number of hydrogen-bond donors (Lipinski definition) is 1. The molecule has 0 aliphatic carbocycles. The van der Waals surface area contributed by atoms with Crippen LogP contribution in [-0.4, -0.2) is 15.0 Å². The summed E-state index contributed by atoms with van der Waals surface area (Å²) in [5.74, 6) is 0.162. The van der Waals surface area contributed by atoms with E-state index in [1.807, 2.05) is 32.9 Å². The molecule has 1 N–H and O–H groups in total. The van der Waals surface area contributed by atoms with Crippen molar-refractivity contribution in [1.29, 1.82) is 0 Å². The Labute approximate surface area is 176 Å². The number of carbonyl (C=O) groups excluding carboxylic acids is 1. The summed E-state index contributed by atoms with van der Waals surface area (Å²) in [4.78, 5) is 38.7. The summed E-state index contributed by atoms with van der Waals surface area (Å²) in [6.45, 7) is 5.68. The fraction of sp³-hybridized carbons (Fsp3) is 0.227. The van der Waals surface area contributed by atoms with Crippen LogP contribution in [0.5, 0.6) is 0 Å². The molecule has 0 saturated heterocycles. The molecule has 4 rings (SSSR count). The Morgan fingerprint density at radius 2 is 1.83 bits per heavy atom. The molecule has 7 nitrogen and oxygen atoms in total.